The van der Waals surface area contributed by atoms with Gasteiger partial charge in [-0.1, -0.05) is 30.3 Å². The molecular weight excluding hydrogens is 358 g/mol. The maximum absolute atomic E-state index is 12.8. The van der Waals surface area contributed by atoms with Gasteiger partial charge in [0.2, 0.25) is 5.91 Å². The van der Waals surface area contributed by atoms with E-state index in [0.717, 1.165) is 37.2 Å². The van der Waals surface area contributed by atoms with Crippen molar-refractivity contribution >= 4 is 34.8 Å². The van der Waals surface area contributed by atoms with Gasteiger partial charge in [-0.3, -0.25) is 4.79 Å². The molecule has 1 aliphatic heterocycles. The number of thiazole rings is 1. The zero-order valence-electron chi connectivity index (χ0n) is 14.3. The third kappa shape index (κ3) is 5.01. The molecule has 1 aromatic heterocycles. The van der Waals surface area contributed by atoms with Crippen molar-refractivity contribution in [3.63, 3.8) is 0 Å². The highest BCUT2D eigenvalue weighted by molar-refractivity contribution is 7.15. The van der Waals surface area contributed by atoms with Crippen LogP contribution in [0.5, 0.6) is 0 Å². The van der Waals surface area contributed by atoms with Gasteiger partial charge < -0.3 is 15.4 Å². The van der Waals surface area contributed by atoms with E-state index < -0.39 is 5.41 Å². The summed E-state index contributed by atoms with van der Waals surface area (Å²) in [6.45, 7) is 2.13. The Morgan fingerprint density at radius 2 is 2.04 bits per heavy atom. The van der Waals surface area contributed by atoms with Gasteiger partial charge in [0.05, 0.1) is 12.0 Å². The summed E-state index contributed by atoms with van der Waals surface area (Å²) in [5, 5.41) is 6.97. The molecule has 5 nitrogen and oxygen atoms in total. The van der Waals surface area contributed by atoms with Crippen molar-refractivity contribution in [2.24, 2.45) is 5.41 Å². The first-order chi connectivity index (χ1) is 11.7. The molecule has 0 unspecified atom stereocenters. The Morgan fingerprint density at radius 3 is 2.72 bits per heavy atom. The smallest absolute Gasteiger partial charge is 0.234 e. The van der Waals surface area contributed by atoms with Crippen molar-refractivity contribution < 1.29 is 9.53 Å². The van der Waals surface area contributed by atoms with E-state index >= 15 is 0 Å². The van der Waals surface area contributed by atoms with E-state index in [2.05, 4.69) is 27.8 Å². The molecule has 1 aliphatic rings. The zero-order valence-corrected chi connectivity index (χ0v) is 15.9. The highest BCUT2D eigenvalue weighted by Crippen LogP contribution is 2.31. The van der Waals surface area contributed by atoms with Gasteiger partial charge in [0, 0.05) is 24.6 Å². The zero-order chi connectivity index (χ0) is 16.8. The number of benzene rings is 1. The molecule has 1 saturated heterocycles. The van der Waals surface area contributed by atoms with Gasteiger partial charge in [-0.05, 0) is 31.5 Å². The monoisotopic (exact) mass is 381 g/mol. The largest absolute Gasteiger partial charge is 0.384 e. The van der Waals surface area contributed by atoms with Crippen molar-refractivity contribution in [3.05, 3.63) is 47.0 Å². The number of carbonyl (C=O) groups excluding carboxylic acids is 1. The van der Waals surface area contributed by atoms with Crippen LogP contribution in [0.25, 0.3) is 0 Å². The number of ether oxygens (including phenoxy) is 1. The fraction of sp³-hybridized carbons (Fsp3) is 0.444. The first kappa shape index (κ1) is 19.8. The van der Waals surface area contributed by atoms with E-state index in [4.69, 9.17) is 4.74 Å². The quantitative estimate of drug-likeness (QED) is 0.807. The van der Waals surface area contributed by atoms with Crippen LogP contribution >= 0.6 is 23.7 Å². The van der Waals surface area contributed by atoms with Gasteiger partial charge in [0.1, 0.15) is 0 Å². The lowest BCUT2D eigenvalue weighted by Crippen LogP contribution is -2.47. The van der Waals surface area contributed by atoms with Crippen LogP contribution in [0.2, 0.25) is 0 Å². The highest BCUT2D eigenvalue weighted by Gasteiger charge is 2.40. The second kappa shape index (κ2) is 9.29. The predicted molar refractivity (Wildman–Crippen MR) is 104 cm³/mol. The minimum absolute atomic E-state index is 0. The van der Waals surface area contributed by atoms with E-state index in [9.17, 15) is 4.79 Å². The first-order valence-electron chi connectivity index (χ1n) is 8.22. The number of methoxy groups -OCH3 is 1. The summed E-state index contributed by atoms with van der Waals surface area (Å²) in [5.74, 6) is 0.0199. The van der Waals surface area contributed by atoms with E-state index in [1.807, 2.05) is 24.4 Å². The summed E-state index contributed by atoms with van der Waals surface area (Å²) in [4.78, 5) is 18.3. The summed E-state index contributed by atoms with van der Waals surface area (Å²) in [6.07, 6.45) is 4.25. The van der Waals surface area contributed by atoms with Crippen LogP contribution in [0.15, 0.2) is 36.5 Å². The molecule has 0 spiro atoms. The van der Waals surface area contributed by atoms with Gasteiger partial charge in [0.15, 0.2) is 5.13 Å². The fourth-order valence-corrected chi connectivity index (χ4v) is 3.93. The van der Waals surface area contributed by atoms with Crippen LogP contribution in [-0.4, -0.2) is 37.7 Å². The summed E-state index contributed by atoms with van der Waals surface area (Å²) in [7, 11) is 1.65. The minimum atomic E-state index is -0.453. The SMILES string of the molecule is COCC1(C(=O)Nc2ncc(Cc3ccccc3)s2)CCNCC1.Cl. The number of carbonyl (C=O) groups is 1. The topological polar surface area (TPSA) is 63.2 Å². The molecule has 25 heavy (non-hydrogen) atoms. The van der Waals surface area contributed by atoms with Crippen LogP contribution < -0.4 is 10.6 Å². The Morgan fingerprint density at radius 1 is 1.32 bits per heavy atom. The number of hydrogen-bond donors (Lipinski definition) is 2. The average Bonchev–Trinajstić information content (AvgIpc) is 3.04. The molecular formula is C18H24ClN3O2S. The van der Waals surface area contributed by atoms with Crippen LogP contribution in [-0.2, 0) is 16.0 Å². The third-order valence-corrected chi connectivity index (χ3v) is 5.37. The summed E-state index contributed by atoms with van der Waals surface area (Å²) >= 11 is 1.54. The van der Waals surface area contributed by atoms with Crippen LogP contribution in [0.4, 0.5) is 5.13 Å². The van der Waals surface area contributed by atoms with Gasteiger partial charge in [-0.2, -0.15) is 0 Å². The Hall–Kier alpha value is -1.47. The number of amides is 1. The maximum atomic E-state index is 12.8. The number of halogens is 1. The molecule has 2 heterocycles. The van der Waals surface area contributed by atoms with Crippen LogP contribution in [0, 0.1) is 5.41 Å². The van der Waals surface area contributed by atoms with Crippen molar-refractivity contribution in [1.29, 1.82) is 0 Å². The predicted octanol–water partition coefficient (Wildman–Crippen LogP) is 3.11. The lowest BCUT2D eigenvalue weighted by Gasteiger charge is -2.35. The first-order valence-corrected chi connectivity index (χ1v) is 9.03. The van der Waals surface area contributed by atoms with E-state index in [-0.39, 0.29) is 18.3 Å². The number of piperidine rings is 1. The molecule has 0 aliphatic carbocycles. The molecule has 2 N–H and O–H groups in total. The van der Waals surface area contributed by atoms with Crippen molar-refractivity contribution in [1.82, 2.24) is 10.3 Å². The summed E-state index contributed by atoms with van der Waals surface area (Å²) < 4.78 is 5.32. The maximum Gasteiger partial charge on any atom is 0.234 e. The van der Waals surface area contributed by atoms with Crippen molar-refractivity contribution in [2.45, 2.75) is 19.3 Å². The summed E-state index contributed by atoms with van der Waals surface area (Å²) in [5.41, 5.74) is 0.791. The van der Waals surface area contributed by atoms with Gasteiger partial charge in [-0.15, -0.1) is 23.7 Å². The number of aromatic nitrogens is 1. The molecule has 7 heteroatoms. The molecule has 136 valence electrons. The normalized spacial score (nSPS) is 16.0. The molecule has 0 bridgehead atoms. The molecule has 3 rings (SSSR count). The molecule has 1 fully saturated rings. The molecule has 1 amide bonds. The molecule has 1 aromatic carbocycles. The van der Waals surface area contributed by atoms with Gasteiger partial charge >= 0.3 is 0 Å². The second-order valence-electron chi connectivity index (χ2n) is 6.21. The second-order valence-corrected chi connectivity index (χ2v) is 7.33. The summed E-state index contributed by atoms with van der Waals surface area (Å²) in [6, 6.07) is 10.3. The highest BCUT2D eigenvalue weighted by atomic mass is 35.5. The van der Waals surface area contributed by atoms with Crippen LogP contribution in [0.1, 0.15) is 23.3 Å². The number of hydrogen-bond acceptors (Lipinski definition) is 5. The van der Waals surface area contributed by atoms with Gasteiger partial charge in [0.25, 0.3) is 0 Å². The van der Waals surface area contributed by atoms with E-state index in [0.29, 0.717) is 11.7 Å². The average molecular weight is 382 g/mol. The van der Waals surface area contributed by atoms with Crippen molar-refractivity contribution in [2.75, 3.05) is 32.1 Å². The Labute approximate surface area is 158 Å². The number of anilines is 1. The Balaban J connectivity index is 0.00000225. The lowest BCUT2D eigenvalue weighted by molar-refractivity contribution is -0.130. The Kier molecular flexibility index (Phi) is 7.38. The van der Waals surface area contributed by atoms with Gasteiger partial charge in [-0.25, -0.2) is 4.98 Å². The minimum Gasteiger partial charge on any atom is -0.384 e. The number of rotatable bonds is 6. The number of nitrogens with one attached hydrogen (secondary N) is 2. The Bertz CT molecular complexity index is 666. The molecule has 2 aromatic rings. The van der Waals surface area contributed by atoms with E-state index in [1.54, 1.807) is 7.11 Å². The molecule has 0 radical (unpaired) electrons. The third-order valence-electron chi connectivity index (χ3n) is 4.46. The lowest BCUT2D eigenvalue weighted by atomic mass is 9.79. The molecule has 0 saturated carbocycles. The van der Waals surface area contributed by atoms with Crippen LogP contribution in [0.3, 0.4) is 0 Å². The molecule has 0 atom stereocenters. The van der Waals surface area contributed by atoms with Crippen molar-refractivity contribution in [3.8, 4) is 0 Å². The number of nitrogens with zero attached hydrogens (tertiary/aromatic N) is 1. The van der Waals surface area contributed by atoms with E-state index in [1.165, 1.54) is 16.9 Å². The fourth-order valence-electron chi connectivity index (χ4n) is 3.09. The standard InChI is InChI=1S/C18H23N3O2S.ClH/c1-23-13-18(7-9-19-10-8-18)16(22)21-17-20-12-15(24-17)11-14-5-3-2-4-6-14;/h2-6,12,19H,7-11,13H2,1H3,(H,20,21,22);1H.